The Balaban J connectivity index is 2.75. The molecule has 0 fully saturated rings. The number of hydrogen-bond acceptors (Lipinski definition) is 2. The van der Waals surface area contributed by atoms with Crippen LogP contribution in [0.15, 0.2) is 24.3 Å². The van der Waals surface area contributed by atoms with E-state index in [1.54, 1.807) is 0 Å². The smallest absolute Gasteiger partial charge is 0.0859 e. The fraction of sp³-hybridized carbons (Fsp3) is 0.400. The minimum atomic E-state index is 0.0667. The molecule has 0 spiro atoms. The third-order valence-electron chi connectivity index (χ3n) is 2.93. The molecular weight excluding hydrogens is 335 g/mol. The van der Waals surface area contributed by atoms with E-state index in [9.17, 15) is 0 Å². The van der Waals surface area contributed by atoms with Crippen molar-refractivity contribution in [1.29, 1.82) is 0 Å². The number of anilines is 1. The quantitative estimate of drug-likeness (QED) is 0.800. The van der Waals surface area contributed by atoms with Gasteiger partial charge in [-0.3, -0.25) is 4.98 Å². The summed E-state index contributed by atoms with van der Waals surface area (Å²) in [7, 11) is 0. The first-order valence-corrected chi connectivity index (χ1v) is 7.35. The van der Waals surface area contributed by atoms with E-state index in [0.717, 1.165) is 17.8 Å². The second-order valence-electron chi connectivity index (χ2n) is 5.47. The SMILES string of the molecule is CCNc1cc(C(C)(C)C)nc2c(I)cccc12. The Hall–Kier alpha value is -0.840. The molecule has 0 unspecified atom stereocenters. The molecule has 3 heteroatoms. The lowest BCUT2D eigenvalue weighted by molar-refractivity contribution is 0.571. The van der Waals surface area contributed by atoms with Crippen molar-refractivity contribution in [3.05, 3.63) is 33.5 Å². The summed E-state index contributed by atoms with van der Waals surface area (Å²) in [5.74, 6) is 0. The number of fused-ring (bicyclic) bond motifs is 1. The highest BCUT2D eigenvalue weighted by atomic mass is 127. The normalized spacial score (nSPS) is 11.8. The second-order valence-corrected chi connectivity index (χ2v) is 6.63. The van der Waals surface area contributed by atoms with Crippen LogP contribution in [0.25, 0.3) is 10.9 Å². The molecule has 0 saturated carbocycles. The van der Waals surface area contributed by atoms with E-state index in [0.29, 0.717) is 0 Å². The molecule has 0 aliphatic rings. The van der Waals surface area contributed by atoms with Crippen LogP contribution >= 0.6 is 22.6 Å². The van der Waals surface area contributed by atoms with Gasteiger partial charge in [0.15, 0.2) is 0 Å². The van der Waals surface area contributed by atoms with Gasteiger partial charge in [-0.25, -0.2) is 0 Å². The maximum atomic E-state index is 4.84. The van der Waals surface area contributed by atoms with E-state index >= 15 is 0 Å². The van der Waals surface area contributed by atoms with Gasteiger partial charge in [-0.1, -0.05) is 32.9 Å². The fourth-order valence-electron chi connectivity index (χ4n) is 1.93. The molecule has 1 aromatic carbocycles. The third-order valence-corrected chi connectivity index (χ3v) is 3.80. The highest BCUT2D eigenvalue weighted by Gasteiger charge is 2.18. The molecular formula is C15H19IN2. The van der Waals surface area contributed by atoms with Crippen molar-refractivity contribution in [3.63, 3.8) is 0 Å². The number of aromatic nitrogens is 1. The molecule has 0 radical (unpaired) electrons. The molecule has 0 atom stereocenters. The Morgan fingerprint density at radius 1 is 1.28 bits per heavy atom. The number of pyridine rings is 1. The molecule has 2 nitrogen and oxygen atoms in total. The van der Waals surface area contributed by atoms with Crippen molar-refractivity contribution in [1.82, 2.24) is 4.98 Å². The summed E-state index contributed by atoms with van der Waals surface area (Å²) in [5, 5.41) is 4.65. The molecule has 96 valence electrons. The summed E-state index contributed by atoms with van der Waals surface area (Å²) < 4.78 is 1.20. The van der Waals surface area contributed by atoms with Gasteiger partial charge in [0.1, 0.15) is 0 Å². The number of para-hydroxylation sites is 1. The maximum absolute atomic E-state index is 4.84. The van der Waals surface area contributed by atoms with Crippen LogP contribution in [-0.2, 0) is 5.41 Å². The van der Waals surface area contributed by atoms with Crippen molar-refractivity contribution < 1.29 is 0 Å². The van der Waals surface area contributed by atoms with Gasteiger partial charge >= 0.3 is 0 Å². The Kier molecular flexibility index (Phi) is 3.80. The molecule has 0 aliphatic carbocycles. The highest BCUT2D eigenvalue weighted by molar-refractivity contribution is 14.1. The molecule has 2 aromatic rings. The van der Waals surface area contributed by atoms with Crippen molar-refractivity contribution in [3.8, 4) is 0 Å². The fourth-order valence-corrected chi connectivity index (χ4v) is 2.55. The lowest BCUT2D eigenvalue weighted by Crippen LogP contribution is -2.14. The topological polar surface area (TPSA) is 24.9 Å². The van der Waals surface area contributed by atoms with E-state index in [4.69, 9.17) is 4.98 Å². The minimum absolute atomic E-state index is 0.0667. The van der Waals surface area contributed by atoms with Crippen LogP contribution in [0, 0.1) is 3.57 Å². The monoisotopic (exact) mass is 354 g/mol. The van der Waals surface area contributed by atoms with Gasteiger partial charge in [0, 0.05) is 32.3 Å². The van der Waals surface area contributed by atoms with Crippen molar-refractivity contribution in [2.24, 2.45) is 0 Å². The number of nitrogens with one attached hydrogen (secondary N) is 1. The van der Waals surface area contributed by atoms with E-state index in [1.807, 2.05) is 0 Å². The predicted octanol–water partition coefficient (Wildman–Crippen LogP) is 4.57. The van der Waals surface area contributed by atoms with E-state index < -0.39 is 0 Å². The summed E-state index contributed by atoms with van der Waals surface area (Å²) in [6, 6.07) is 8.51. The molecule has 1 N–H and O–H groups in total. The lowest BCUT2D eigenvalue weighted by atomic mass is 9.90. The number of halogens is 1. The number of hydrogen-bond donors (Lipinski definition) is 1. The molecule has 1 heterocycles. The average molecular weight is 354 g/mol. The average Bonchev–Trinajstić information content (AvgIpc) is 2.29. The van der Waals surface area contributed by atoms with E-state index in [2.05, 4.69) is 79.9 Å². The van der Waals surface area contributed by atoms with Gasteiger partial charge in [-0.2, -0.15) is 0 Å². The zero-order valence-electron chi connectivity index (χ0n) is 11.3. The zero-order valence-corrected chi connectivity index (χ0v) is 13.5. The first-order valence-electron chi connectivity index (χ1n) is 6.27. The van der Waals surface area contributed by atoms with Crippen molar-refractivity contribution >= 4 is 39.2 Å². The molecule has 0 amide bonds. The van der Waals surface area contributed by atoms with Crippen LogP contribution in [0.4, 0.5) is 5.69 Å². The van der Waals surface area contributed by atoms with Crippen LogP contribution in [0.1, 0.15) is 33.4 Å². The number of nitrogens with zero attached hydrogens (tertiary/aromatic N) is 1. The van der Waals surface area contributed by atoms with E-state index in [-0.39, 0.29) is 5.41 Å². The molecule has 18 heavy (non-hydrogen) atoms. The zero-order chi connectivity index (χ0) is 13.3. The molecule has 0 saturated heterocycles. The van der Waals surface area contributed by atoms with Crippen LogP contribution in [0.5, 0.6) is 0 Å². The van der Waals surface area contributed by atoms with Gasteiger partial charge in [0.05, 0.1) is 5.52 Å². The third kappa shape index (κ3) is 2.60. The van der Waals surface area contributed by atoms with Crippen LogP contribution in [0.2, 0.25) is 0 Å². The lowest BCUT2D eigenvalue weighted by Gasteiger charge is -2.20. The Morgan fingerprint density at radius 2 is 2.00 bits per heavy atom. The molecule has 2 rings (SSSR count). The van der Waals surface area contributed by atoms with Crippen molar-refractivity contribution in [2.75, 3.05) is 11.9 Å². The van der Waals surface area contributed by atoms with Gasteiger partial charge < -0.3 is 5.32 Å². The van der Waals surface area contributed by atoms with Crippen LogP contribution < -0.4 is 5.32 Å². The van der Waals surface area contributed by atoms with Crippen LogP contribution in [-0.4, -0.2) is 11.5 Å². The summed E-state index contributed by atoms with van der Waals surface area (Å²) in [6.45, 7) is 9.65. The highest BCUT2D eigenvalue weighted by Crippen LogP contribution is 2.31. The number of benzene rings is 1. The first-order chi connectivity index (χ1) is 8.43. The molecule has 0 bridgehead atoms. The van der Waals surface area contributed by atoms with Crippen LogP contribution in [0.3, 0.4) is 0 Å². The Labute approximate surface area is 122 Å². The number of rotatable bonds is 2. The van der Waals surface area contributed by atoms with Crippen molar-refractivity contribution in [2.45, 2.75) is 33.1 Å². The Bertz CT molecular complexity index is 570. The minimum Gasteiger partial charge on any atom is -0.385 e. The predicted molar refractivity (Wildman–Crippen MR) is 87.3 cm³/mol. The molecule has 0 aliphatic heterocycles. The summed E-state index contributed by atoms with van der Waals surface area (Å²) in [4.78, 5) is 4.84. The van der Waals surface area contributed by atoms with Gasteiger partial charge in [0.25, 0.3) is 0 Å². The van der Waals surface area contributed by atoms with E-state index in [1.165, 1.54) is 14.6 Å². The summed E-state index contributed by atoms with van der Waals surface area (Å²) >= 11 is 2.36. The first kappa shape index (κ1) is 13.6. The Morgan fingerprint density at radius 3 is 2.61 bits per heavy atom. The largest absolute Gasteiger partial charge is 0.385 e. The van der Waals surface area contributed by atoms with Gasteiger partial charge in [0.2, 0.25) is 0 Å². The summed E-state index contributed by atoms with van der Waals surface area (Å²) in [6.07, 6.45) is 0. The second kappa shape index (κ2) is 5.03. The van der Waals surface area contributed by atoms with Gasteiger partial charge in [-0.15, -0.1) is 0 Å². The molecule has 1 aromatic heterocycles. The standard InChI is InChI=1S/C15H19IN2/c1-5-17-12-9-13(15(2,3)4)18-14-10(12)7-6-8-11(14)16/h6-9H,5H2,1-4H3,(H,17,18). The summed E-state index contributed by atoms with van der Waals surface area (Å²) in [5.41, 5.74) is 3.49. The van der Waals surface area contributed by atoms with Gasteiger partial charge in [-0.05, 0) is 41.6 Å². The maximum Gasteiger partial charge on any atom is 0.0859 e.